The fourth-order valence-corrected chi connectivity index (χ4v) is 2.14. The highest BCUT2D eigenvalue weighted by Gasteiger charge is 2.17. The number of fused-ring (bicyclic) bond motifs is 1. The predicted octanol–water partition coefficient (Wildman–Crippen LogP) is 2.19. The molecule has 0 bridgehead atoms. The van der Waals surface area contributed by atoms with Crippen LogP contribution in [0.1, 0.15) is 36.1 Å². The molecule has 0 saturated carbocycles. The summed E-state index contributed by atoms with van der Waals surface area (Å²) in [6, 6.07) is 5.05. The first-order valence-electron chi connectivity index (χ1n) is 5.68. The van der Waals surface area contributed by atoms with Gasteiger partial charge >= 0.3 is 5.97 Å². The van der Waals surface area contributed by atoms with E-state index in [0.717, 1.165) is 11.3 Å². The molecule has 0 unspecified atom stereocenters. The summed E-state index contributed by atoms with van der Waals surface area (Å²) in [5.74, 6) is -1.51. The highest BCUT2D eigenvalue weighted by atomic mass is 16.4. The third kappa shape index (κ3) is 1.88. The van der Waals surface area contributed by atoms with Crippen LogP contribution in [0.25, 0.3) is 11.0 Å². The molecular formula is C13H14N2O3. The molecular weight excluding hydrogens is 232 g/mol. The number of aryl methyl sites for hydroxylation is 1. The lowest BCUT2D eigenvalue weighted by molar-refractivity contribution is -0.131. The van der Waals surface area contributed by atoms with E-state index in [4.69, 9.17) is 5.11 Å². The zero-order valence-electron chi connectivity index (χ0n) is 10.5. The number of carbonyl (C=O) groups is 2. The van der Waals surface area contributed by atoms with Crippen LogP contribution in [0.15, 0.2) is 18.2 Å². The number of rotatable bonds is 3. The normalized spacial score (nSPS) is 11.1. The Balaban J connectivity index is 2.61. The van der Waals surface area contributed by atoms with E-state index in [0.29, 0.717) is 5.52 Å². The van der Waals surface area contributed by atoms with E-state index in [1.807, 2.05) is 25.3 Å². The van der Waals surface area contributed by atoms with Gasteiger partial charge in [-0.2, -0.15) is 0 Å². The number of hydrogen-bond donors (Lipinski definition) is 1. The number of ketones is 1. The number of nitrogens with zero attached hydrogens (tertiary/aromatic N) is 2. The lowest BCUT2D eigenvalue weighted by atomic mass is 10.1. The van der Waals surface area contributed by atoms with Crippen molar-refractivity contribution in [3.05, 3.63) is 29.6 Å². The van der Waals surface area contributed by atoms with E-state index >= 15 is 0 Å². The van der Waals surface area contributed by atoms with Gasteiger partial charge in [0, 0.05) is 11.6 Å². The molecule has 0 aliphatic heterocycles. The fraction of sp³-hybridized carbons (Fsp3) is 0.308. The molecule has 0 radical (unpaired) electrons. The second kappa shape index (κ2) is 4.25. The number of aliphatic carboxylic acids is 1. The van der Waals surface area contributed by atoms with Crippen LogP contribution in [0.5, 0.6) is 0 Å². The van der Waals surface area contributed by atoms with Crippen LogP contribution < -0.4 is 0 Å². The Kier molecular flexibility index (Phi) is 2.90. The van der Waals surface area contributed by atoms with Crippen molar-refractivity contribution in [2.45, 2.75) is 26.8 Å². The van der Waals surface area contributed by atoms with Gasteiger partial charge in [0.15, 0.2) is 0 Å². The van der Waals surface area contributed by atoms with E-state index in [1.54, 1.807) is 6.07 Å². The minimum absolute atomic E-state index is 0.156. The van der Waals surface area contributed by atoms with Crippen molar-refractivity contribution in [2.24, 2.45) is 0 Å². The minimum atomic E-state index is -1.45. The predicted molar refractivity (Wildman–Crippen MR) is 66.8 cm³/mol. The van der Waals surface area contributed by atoms with Crippen LogP contribution in [-0.4, -0.2) is 26.4 Å². The Morgan fingerprint density at radius 3 is 2.56 bits per heavy atom. The number of imidazole rings is 1. The largest absolute Gasteiger partial charge is 0.475 e. The van der Waals surface area contributed by atoms with E-state index in [1.165, 1.54) is 12.1 Å². The highest BCUT2D eigenvalue weighted by Crippen LogP contribution is 2.21. The number of carboxylic acid groups (broad SMARTS) is 1. The quantitative estimate of drug-likeness (QED) is 0.665. The van der Waals surface area contributed by atoms with Gasteiger partial charge in [-0.1, -0.05) is 0 Å². The maximum Gasteiger partial charge on any atom is 0.377 e. The Bertz CT molecular complexity index is 641. The lowest BCUT2D eigenvalue weighted by Gasteiger charge is -2.10. The van der Waals surface area contributed by atoms with Gasteiger partial charge in [0.25, 0.3) is 5.78 Å². The Labute approximate surface area is 104 Å². The SMILES string of the molecule is Cc1nc2cc(C(=O)C(=O)O)ccc2n1C(C)C. The van der Waals surface area contributed by atoms with E-state index < -0.39 is 11.8 Å². The fourth-order valence-electron chi connectivity index (χ4n) is 2.14. The standard InChI is InChI=1S/C13H14N2O3/c1-7(2)15-8(3)14-10-6-9(4-5-11(10)15)12(16)13(17)18/h4-7H,1-3H3,(H,17,18). The van der Waals surface area contributed by atoms with Gasteiger partial charge in [-0.3, -0.25) is 4.79 Å². The molecule has 1 N–H and O–H groups in total. The molecule has 5 heteroatoms. The summed E-state index contributed by atoms with van der Waals surface area (Å²) < 4.78 is 2.05. The van der Waals surface area contributed by atoms with Crippen molar-refractivity contribution in [1.29, 1.82) is 0 Å². The monoisotopic (exact) mass is 246 g/mol. The second-order valence-corrected chi connectivity index (χ2v) is 4.46. The first-order chi connectivity index (χ1) is 8.41. The lowest BCUT2D eigenvalue weighted by Crippen LogP contribution is -2.12. The van der Waals surface area contributed by atoms with E-state index in [9.17, 15) is 9.59 Å². The number of aromatic nitrogens is 2. The molecule has 0 amide bonds. The molecule has 18 heavy (non-hydrogen) atoms. The molecule has 0 aliphatic rings. The number of carbonyl (C=O) groups excluding carboxylic acids is 1. The van der Waals surface area contributed by atoms with Crippen LogP contribution in [0.2, 0.25) is 0 Å². The minimum Gasteiger partial charge on any atom is -0.475 e. The van der Waals surface area contributed by atoms with Crippen molar-refractivity contribution in [3.8, 4) is 0 Å². The van der Waals surface area contributed by atoms with Gasteiger partial charge in [-0.15, -0.1) is 0 Å². The molecule has 1 aromatic heterocycles. The summed E-state index contributed by atoms with van der Waals surface area (Å²) in [6.45, 7) is 5.98. The summed E-state index contributed by atoms with van der Waals surface area (Å²) in [6.07, 6.45) is 0. The maximum absolute atomic E-state index is 11.4. The first kappa shape index (κ1) is 12.3. The Hall–Kier alpha value is -2.17. The molecule has 1 aromatic carbocycles. The molecule has 0 spiro atoms. The van der Waals surface area contributed by atoms with Gasteiger partial charge in [-0.25, -0.2) is 9.78 Å². The van der Waals surface area contributed by atoms with Crippen LogP contribution >= 0.6 is 0 Å². The summed E-state index contributed by atoms with van der Waals surface area (Å²) >= 11 is 0. The van der Waals surface area contributed by atoms with Crippen molar-refractivity contribution >= 4 is 22.8 Å². The molecule has 2 aromatic rings. The Morgan fingerprint density at radius 1 is 1.33 bits per heavy atom. The highest BCUT2D eigenvalue weighted by molar-refractivity contribution is 6.40. The summed E-state index contributed by atoms with van der Waals surface area (Å²) in [5, 5.41) is 8.68. The van der Waals surface area contributed by atoms with Gasteiger partial charge in [0.1, 0.15) is 5.82 Å². The summed E-state index contributed by atoms with van der Waals surface area (Å²) in [7, 11) is 0. The zero-order valence-corrected chi connectivity index (χ0v) is 10.5. The molecule has 0 aliphatic carbocycles. The second-order valence-electron chi connectivity index (χ2n) is 4.46. The third-order valence-electron chi connectivity index (χ3n) is 2.84. The van der Waals surface area contributed by atoms with Gasteiger partial charge in [0.2, 0.25) is 0 Å². The molecule has 0 fully saturated rings. The van der Waals surface area contributed by atoms with Crippen molar-refractivity contribution in [3.63, 3.8) is 0 Å². The van der Waals surface area contributed by atoms with Gasteiger partial charge < -0.3 is 9.67 Å². The van der Waals surface area contributed by atoms with Gasteiger partial charge in [0.05, 0.1) is 11.0 Å². The third-order valence-corrected chi connectivity index (χ3v) is 2.84. The Morgan fingerprint density at radius 2 is 2.00 bits per heavy atom. The number of hydrogen-bond acceptors (Lipinski definition) is 3. The average Bonchev–Trinajstić information content (AvgIpc) is 2.62. The molecule has 0 saturated heterocycles. The van der Waals surface area contributed by atoms with Crippen molar-refractivity contribution < 1.29 is 14.7 Å². The molecule has 2 rings (SSSR count). The van der Waals surface area contributed by atoms with E-state index in [-0.39, 0.29) is 11.6 Å². The van der Waals surface area contributed by atoms with Gasteiger partial charge in [-0.05, 0) is 39.0 Å². The topological polar surface area (TPSA) is 72.2 Å². The number of benzene rings is 1. The molecule has 0 atom stereocenters. The summed E-state index contributed by atoms with van der Waals surface area (Å²) in [4.78, 5) is 26.4. The van der Waals surface area contributed by atoms with Crippen molar-refractivity contribution in [2.75, 3.05) is 0 Å². The van der Waals surface area contributed by atoms with E-state index in [2.05, 4.69) is 4.98 Å². The summed E-state index contributed by atoms with van der Waals surface area (Å²) in [5.41, 5.74) is 1.71. The zero-order chi connectivity index (χ0) is 13.4. The van der Waals surface area contributed by atoms with Crippen LogP contribution in [0.4, 0.5) is 0 Å². The average molecular weight is 246 g/mol. The van der Waals surface area contributed by atoms with Crippen LogP contribution in [-0.2, 0) is 4.79 Å². The molecule has 1 heterocycles. The van der Waals surface area contributed by atoms with Crippen LogP contribution in [0.3, 0.4) is 0 Å². The molecule has 94 valence electrons. The smallest absolute Gasteiger partial charge is 0.377 e. The maximum atomic E-state index is 11.4. The number of carboxylic acids is 1. The number of Topliss-reactive ketones (excluding diaryl/α,β-unsaturated/α-hetero) is 1. The first-order valence-corrected chi connectivity index (χ1v) is 5.68. The van der Waals surface area contributed by atoms with Crippen molar-refractivity contribution in [1.82, 2.24) is 9.55 Å². The molecule has 5 nitrogen and oxygen atoms in total. The van der Waals surface area contributed by atoms with Crippen LogP contribution in [0, 0.1) is 6.92 Å².